The molecule has 0 radical (unpaired) electrons. The molecular weight excluding hydrogens is 288 g/mol. The van der Waals surface area contributed by atoms with Gasteiger partial charge in [-0.05, 0) is 25.7 Å². The van der Waals surface area contributed by atoms with Crippen molar-refractivity contribution in [2.45, 2.75) is 31.7 Å². The summed E-state index contributed by atoms with van der Waals surface area (Å²) < 4.78 is 0. The average molecular weight is 308 g/mol. The van der Waals surface area contributed by atoms with E-state index in [4.69, 9.17) is 5.73 Å². The molecule has 2 aliphatic rings. The third-order valence-corrected chi connectivity index (χ3v) is 5.16. The predicted molar refractivity (Wildman–Crippen MR) is 84.1 cm³/mol. The van der Waals surface area contributed by atoms with Gasteiger partial charge in [0, 0.05) is 26.2 Å². The number of anilines is 2. The lowest BCUT2D eigenvalue weighted by Crippen LogP contribution is -2.26. The van der Waals surface area contributed by atoms with Crippen molar-refractivity contribution in [2.24, 2.45) is 0 Å². The maximum atomic E-state index is 12.3. The highest BCUT2D eigenvalue weighted by Gasteiger charge is 2.31. The second kappa shape index (κ2) is 5.55. The van der Waals surface area contributed by atoms with Gasteiger partial charge in [-0.25, -0.2) is 0 Å². The van der Waals surface area contributed by atoms with Crippen molar-refractivity contribution < 1.29 is 9.59 Å². The molecule has 1 saturated heterocycles. The first-order valence-electron chi connectivity index (χ1n) is 7.32. The van der Waals surface area contributed by atoms with Crippen LogP contribution in [0.2, 0.25) is 0 Å². The lowest BCUT2D eigenvalue weighted by atomic mass is 10.2. The smallest absolute Gasteiger partial charge is 0.263 e. The van der Waals surface area contributed by atoms with Crippen molar-refractivity contribution in [3.63, 3.8) is 0 Å². The minimum atomic E-state index is -0.226. The highest BCUT2D eigenvalue weighted by atomic mass is 32.1. The summed E-state index contributed by atoms with van der Waals surface area (Å²) in [4.78, 5) is 27.0. The Bertz CT molecular complexity index is 574. The lowest BCUT2D eigenvalue weighted by Gasteiger charge is -2.16. The molecule has 0 bridgehead atoms. The van der Waals surface area contributed by atoms with Crippen LogP contribution in [0.4, 0.5) is 10.7 Å². The zero-order valence-corrected chi connectivity index (χ0v) is 12.9. The van der Waals surface area contributed by atoms with Gasteiger partial charge in [-0.2, -0.15) is 0 Å². The van der Waals surface area contributed by atoms with Gasteiger partial charge >= 0.3 is 0 Å². The largest absolute Gasteiger partial charge is 0.397 e. The van der Waals surface area contributed by atoms with Crippen LogP contribution in [0.5, 0.6) is 0 Å². The monoisotopic (exact) mass is 308 g/mol. The van der Waals surface area contributed by atoms with E-state index in [9.17, 15) is 9.59 Å². The summed E-state index contributed by atoms with van der Waals surface area (Å²) in [5.41, 5.74) is 6.86. The fourth-order valence-corrected chi connectivity index (χ4v) is 3.74. The van der Waals surface area contributed by atoms with E-state index in [-0.39, 0.29) is 17.9 Å². The molecule has 114 valence electrons. The summed E-state index contributed by atoms with van der Waals surface area (Å²) in [6.07, 6.45) is 4.26. The number of thiophene rings is 1. The molecule has 7 heteroatoms. The van der Waals surface area contributed by atoms with Gasteiger partial charge in [0.25, 0.3) is 11.8 Å². The number of hydrogen-bond donors (Lipinski definition) is 3. The van der Waals surface area contributed by atoms with Crippen LogP contribution in [0.25, 0.3) is 0 Å². The number of nitrogens with two attached hydrogens (primary N) is 1. The second-order valence-electron chi connectivity index (χ2n) is 5.55. The van der Waals surface area contributed by atoms with Crippen LogP contribution in [0.15, 0.2) is 0 Å². The van der Waals surface area contributed by atoms with Crippen molar-refractivity contribution in [2.75, 3.05) is 30.8 Å². The fourth-order valence-electron chi connectivity index (χ4n) is 2.57. The number of rotatable bonds is 4. The van der Waals surface area contributed by atoms with E-state index in [0.717, 1.165) is 43.8 Å². The summed E-state index contributed by atoms with van der Waals surface area (Å²) >= 11 is 1.33. The fraction of sp³-hybridized carbons (Fsp3) is 0.571. The van der Waals surface area contributed by atoms with E-state index in [1.165, 1.54) is 11.3 Å². The van der Waals surface area contributed by atoms with E-state index in [0.29, 0.717) is 16.1 Å². The Morgan fingerprint density at radius 3 is 2.48 bits per heavy atom. The summed E-state index contributed by atoms with van der Waals surface area (Å²) in [6, 6.07) is 0.276. The van der Waals surface area contributed by atoms with E-state index in [2.05, 4.69) is 15.5 Å². The number of nitrogens with one attached hydrogen (secondary N) is 2. The quantitative estimate of drug-likeness (QED) is 0.779. The molecule has 21 heavy (non-hydrogen) atoms. The molecule has 0 atom stereocenters. The molecule has 1 aromatic rings. The van der Waals surface area contributed by atoms with Gasteiger partial charge in [0.05, 0.1) is 11.3 Å². The van der Waals surface area contributed by atoms with Crippen molar-refractivity contribution in [1.82, 2.24) is 10.6 Å². The van der Waals surface area contributed by atoms with Gasteiger partial charge in [-0.15, -0.1) is 11.3 Å². The summed E-state index contributed by atoms with van der Waals surface area (Å²) in [6.45, 7) is 1.82. The van der Waals surface area contributed by atoms with Crippen molar-refractivity contribution in [3.05, 3.63) is 10.4 Å². The van der Waals surface area contributed by atoms with E-state index in [1.54, 1.807) is 7.05 Å². The van der Waals surface area contributed by atoms with Crippen molar-refractivity contribution in [1.29, 1.82) is 0 Å². The molecule has 2 fully saturated rings. The number of carbonyl (C=O) groups is 2. The Balaban J connectivity index is 1.96. The van der Waals surface area contributed by atoms with Crippen LogP contribution in [-0.4, -0.2) is 38.0 Å². The number of hydrogen-bond acceptors (Lipinski definition) is 5. The number of amides is 2. The molecule has 3 rings (SSSR count). The Morgan fingerprint density at radius 2 is 1.90 bits per heavy atom. The SMILES string of the molecule is CNC(=O)c1c(N2CCCC2)sc(C(=O)NC2CC2)c1N. The van der Waals surface area contributed by atoms with Crippen LogP contribution in [0.1, 0.15) is 45.7 Å². The van der Waals surface area contributed by atoms with Crippen LogP contribution >= 0.6 is 11.3 Å². The Labute approximate surface area is 127 Å². The predicted octanol–water partition coefficient (Wildman–Crippen LogP) is 1.18. The first kappa shape index (κ1) is 14.2. The molecule has 4 N–H and O–H groups in total. The molecule has 1 saturated carbocycles. The third-order valence-electron chi connectivity index (χ3n) is 3.89. The molecule has 6 nitrogen and oxygen atoms in total. The number of carbonyl (C=O) groups excluding carboxylic acids is 2. The Hall–Kier alpha value is -1.76. The number of nitrogen functional groups attached to an aromatic ring is 1. The average Bonchev–Trinajstić information content (AvgIpc) is 3.00. The molecule has 1 aliphatic carbocycles. The topological polar surface area (TPSA) is 87.5 Å². The first-order chi connectivity index (χ1) is 10.1. The molecule has 0 unspecified atom stereocenters. The normalized spacial score (nSPS) is 17.9. The standard InChI is InChI=1S/C14H20N4O2S/c1-16-12(19)9-10(15)11(13(20)17-8-4-5-8)21-14(9)18-6-2-3-7-18/h8H,2-7,15H2,1H3,(H,16,19)(H,17,20). The van der Waals surface area contributed by atoms with Gasteiger partial charge in [0.2, 0.25) is 0 Å². The summed E-state index contributed by atoms with van der Waals surface area (Å²) in [5.74, 6) is -0.383. The molecule has 0 spiro atoms. The first-order valence-corrected chi connectivity index (χ1v) is 8.13. The van der Waals surface area contributed by atoms with Gasteiger partial charge in [0.15, 0.2) is 0 Å². The second-order valence-corrected chi connectivity index (χ2v) is 6.55. The molecule has 1 aromatic heterocycles. The van der Waals surface area contributed by atoms with Gasteiger partial charge < -0.3 is 21.3 Å². The molecule has 2 heterocycles. The zero-order valence-electron chi connectivity index (χ0n) is 12.1. The molecule has 0 aromatic carbocycles. The van der Waals surface area contributed by atoms with Gasteiger partial charge in [-0.1, -0.05) is 0 Å². The highest BCUT2D eigenvalue weighted by Crippen LogP contribution is 2.40. The maximum Gasteiger partial charge on any atom is 0.263 e. The van der Waals surface area contributed by atoms with Crippen molar-refractivity contribution in [3.8, 4) is 0 Å². The summed E-state index contributed by atoms with van der Waals surface area (Å²) in [5, 5.41) is 6.39. The molecular formula is C14H20N4O2S. The van der Waals surface area contributed by atoms with Gasteiger partial charge in [0.1, 0.15) is 9.88 Å². The van der Waals surface area contributed by atoms with Crippen LogP contribution in [-0.2, 0) is 0 Å². The molecule has 2 amide bonds. The third kappa shape index (κ3) is 2.70. The van der Waals surface area contributed by atoms with Crippen LogP contribution in [0, 0.1) is 0 Å². The highest BCUT2D eigenvalue weighted by molar-refractivity contribution is 7.19. The number of nitrogens with zero attached hydrogens (tertiary/aromatic N) is 1. The minimum absolute atomic E-state index is 0.157. The van der Waals surface area contributed by atoms with Gasteiger partial charge in [-0.3, -0.25) is 9.59 Å². The van der Waals surface area contributed by atoms with Crippen LogP contribution < -0.4 is 21.3 Å². The Morgan fingerprint density at radius 1 is 1.24 bits per heavy atom. The molecule has 1 aliphatic heterocycles. The van der Waals surface area contributed by atoms with E-state index < -0.39 is 0 Å². The Kier molecular flexibility index (Phi) is 3.75. The maximum absolute atomic E-state index is 12.3. The van der Waals surface area contributed by atoms with Crippen LogP contribution in [0.3, 0.4) is 0 Å². The minimum Gasteiger partial charge on any atom is -0.397 e. The van der Waals surface area contributed by atoms with E-state index in [1.807, 2.05) is 0 Å². The summed E-state index contributed by atoms with van der Waals surface area (Å²) in [7, 11) is 1.58. The van der Waals surface area contributed by atoms with Crippen molar-refractivity contribution >= 4 is 33.8 Å². The lowest BCUT2D eigenvalue weighted by molar-refractivity contribution is 0.0955. The van der Waals surface area contributed by atoms with E-state index >= 15 is 0 Å². The zero-order chi connectivity index (χ0) is 15.0.